The predicted molar refractivity (Wildman–Crippen MR) is 75.6 cm³/mol. The lowest BCUT2D eigenvalue weighted by Crippen LogP contribution is -2.30. The largest absolute Gasteiger partial charge is 0.369 e. The molecule has 1 aliphatic carbocycles. The minimum atomic E-state index is -0.195. The van der Waals surface area contributed by atoms with Crippen molar-refractivity contribution in [3.63, 3.8) is 0 Å². The van der Waals surface area contributed by atoms with Gasteiger partial charge in [0, 0.05) is 6.54 Å². The lowest BCUT2D eigenvalue weighted by molar-refractivity contribution is -0.0559. The van der Waals surface area contributed by atoms with Crippen LogP contribution >= 0.6 is 0 Å². The van der Waals surface area contributed by atoms with Crippen LogP contribution in [0.25, 0.3) is 0 Å². The summed E-state index contributed by atoms with van der Waals surface area (Å²) in [4.78, 5) is 0. The van der Waals surface area contributed by atoms with E-state index in [4.69, 9.17) is 4.74 Å². The van der Waals surface area contributed by atoms with Crippen LogP contribution in [0, 0.1) is 11.7 Å². The normalized spacial score (nSPS) is 25.2. The number of halogens is 1. The van der Waals surface area contributed by atoms with E-state index in [-0.39, 0.29) is 11.9 Å². The predicted octanol–water partition coefficient (Wildman–Crippen LogP) is 3.68. The summed E-state index contributed by atoms with van der Waals surface area (Å²) in [6, 6.07) is 6.75. The van der Waals surface area contributed by atoms with Crippen LogP contribution in [0.2, 0.25) is 0 Å². The van der Waals surface area contributed by atoms with Crippen molar-refractivity contribution in [2.75, 3.05) is 13.6 Å². The van der Waals surface area contributed by atoms with Gasteiger partial charge in [0.2, 0.25) is 0 Å². The van der Waals surface area contributed by atoms with E-state index in [2.05, 4.69) is 12.2 Å². The van der Waals surface area contributed by atoms with E-state index < -0.39 is 0 Å². The summed E-state index contributed by atoms with van der Waals surface area (Å²) in [6.45, 7) is 2.97. The summed E-state index contributed by atoms with van der Waals surface area (Å²) in [5.41, 5.74) is 0.923. The molecular weight excluding hydrogens is 241 g/mol. The van der Waals surface area contributed by atoms with E-state index in [1.807, 2.05) is 13.1 Å². The van der Waals surface area contributed by atoms with Crippen LogP contribution in [-0.4, -0.2) is 19.7 Å². The van der Waals surface area contributed by atoms with Crippen LogP contribution in [0.15, 0.2) is 24.3 Å². The van der Waals surface area contributed by atoms with Crippen molar-refractivity contribution in [2.24, 2.45) is 5.92 Å². The minimum Gasteiger partial charge on any atom is -0.369 e. The zero-order valence-electron chi connectivity index (χ0n) is 11.9. The van der Waals surface area contributed by atoms with Gasteiger partial charge in [-0.1, -0.05) is 31.9 Å². The van der Waals surface area contributed by atoms with Crippen molar-refractivity contribution in [1.29, 1.82) is 0 Å². The summed E-state index contributed by atoms with van der Waals surface area (Å²) < 4.78 is 19.6. The second-order valence-electron chi connectivity index (χ2n) is 5.54. The molecule has 0 aliphatic heterocycles. The highest BCUT2D eigenvalue weighted by atomic mass is 19.1. The van der Waals surface area contributed by atoms with Gasteiger partial charge in [-0.2, -0.15) is 0 Å². The maximum atomic E-state index is 13.3. The minimum absolute atomic E-state index is 0.0637. The molecule has 0 heterocycles. The highest BCUT2D eigenvalue weighted by Gasteiger charge is 2.25. The summed E-state index contributed by atoms with van der Waals surface area (Å²) in [7, 11) is 1.90. The maximum Gasteiger partial charge on any atom is 0.123 e. The highest BCUT2D eigenvalue weighted by Crippen LogP contribution is 2.30. The van der Waals surface area contributed by atoms with Gasteiger partial charge in [-0.05, 0) is 43.5 Å². The summed E-state index contributed by atoms with van der Waals surface area (Å²) in [6.07, 6.45) is 5.14. The number of nitrogens with one attached hydrogen (secondary N) is 1. The van der Waals surface area contributed by atoms with Gasteiger partial charge in [-0.3, -0.25) is 0 Å². The van der Waals surface area contributed by atoms with E-state index in [9.17, 15) is 4.39 Å². The molecule has 1 aliphatic rings. The van der Waals surface area contributed by atoms with Crippen LogP contribution in [0.1, 0.15) is 44.3 Å². The Hall–Kier alpha value is -0.930. The SMILES string of the molecule is CNCC(OC1CCCCC1C)c1cccc(F)c1. The van der Waals surface area contributed by atoms with Crippen molar-refractivity contribution in [3.8, 4) is 0 Å². The van der Waals surface area contributed by atoms with E-state index in [0.29, 0.717) is 18.6 Å². The Bertz CT molecular complexity index is 396. The van der Waals surface area contributed by atoms with Gasteiger partial charge < -0.3 is 10.1 Å². The van der Waals surface area contributed by atoms with Gasteiger partial charge in [0.1, 0.15) is 5.82 Å². The molecule has 3 atom stereocenters. The van der Waals surface area contributed by atoms with Crippen molar-refractivity contribution in [3.05, 3.63) is 35.6 Å². The highest BCUT2D eigenvalue weighted by molar-refractivity contribution is 5.19. The molecule has 106 valence electrons. The Balaban J connectivity index is 2.07. The number of benzene rings is 1. The molecule has 2 rings (SSSR count). The van der Waals surface area contributed by atoms with E-state index >= 15 is 0 Å². The molecule has 1 N–H and O–H groups in total. The number of hydrogen-bond donors (Lipinski definition) is 1. The van der Waals surface area contributed by atoms with Gasteiger partial charge in [-0.25, -0.2) is 4.39 Å². The zero-order valence-corrected chi connectivity index (χ0v) is 11.9. The molecule has 19 heavy (non-hydrogen) atoms. The van der Waals surface area contributed by atoms with Gasteiger partial charge in [0.05, 0.1) is 12.2 Å². The topological polar surface area (TPSA) is 21.3 Å². The molecule has 1 aromatic rings. The zero-order chi connectivity index (χ0) is 13.7. The molecule has 0 amide bonds. The van der Waals surface area contributed by atoms with Crippen LogP contribution in [0.4, 0.5) is 4.39 Å². The number of likely N-dealkylation sites (N-methyl/N-ethyl adjacent to an activating group) is 1. The Kier molecular flexibility index (Phi) is 5.34. The van der Waals surface area contributed by atoms with Gasteiger partial charge in [0.25, 0.3) is 0 Å². The Morgan fingerprint density at radius 1 is 1.37 bits per heavy atom. The lowest BCUT2D eigenvalue weighted by atomic mass is 9.87. The van der Waals surface area contributed by atoms with E-state index in [1.165, 1.54) is 25.3 Å². The third-order valence-electron chi connectivity index (χ3n) is 3.98. The second-order valence-corrected chi connectivity index (χ2v) is 5.54. The van der Waals surface area contributed by atoms with Crippen LogP contribution in [0.3, 0.4) is 0 Å². The molecule has 0 aromatic heterocycles. The average Bonchev–Trinajstić information content (AvgIpc) is 2.40. The molecule has 3 heteroatoms. The molecule has 3 unspecified atom stereocenters. The molecule has 0 bridgehead atoms. The lowest BCUT2D eigenvalue weighted by Gasteiger charge is -2.32. The monoisotopic (exact) mass is 265 g/mol. The van der Waals surface area contributed by atoms with E-state index in [1.54, 1.807) is 12.1 Å². The number of hydrogen-bond acceptors (Lipinski definition) is 2. The van der Waals surface area contributed by atoms with Crippen LogP contribution in [-0.2, 0) is 4.74 Å². The molecular formula is C16H24FNO. The van der Waals surface area contributed by atoms with Gasteiger partial charge in [-0.15, -0.1) is 0 Å². The summed E-state index contributed by atoms with van der Waals surface area (Å²) >= 11 is 0. The fourth-order valence-corrected chi connectivity index (χ4v) is 2.83. The van der Waals surface area contributed by atoms with Crippen molar-refractivity contribution in [1.82, 2.24) is 5.32 Å². The Morgan fingerprint density at radius 3 is 2.84 bits per heavy atom. The Labute approximate surface area is 115 Å². The first kappa shape index (κ1) is 14.5. The number of rotatable bonds is 5. The van der Waals surface area contributed by atoms with Crippen molar-refractivity contribution in [2.45, 2.75) is 44.8 Å². The fraction of sp³-hybridized carbons (Fsp3) is 0.625. The summed E-state index contributed by atoms with van der Waals surface area (Å²) in [5.74, 6) is 0.403. The van der Waals surface area contributed by atoms with E-state index in [0.717, 1.165) is 12.0 Å². The van der Waals surface area contributed by atoms with Gasteiger partial charge in [0.15, 0.2) is 0 Å². The second kappa shape index (κ2) is 7.01. The molecule has 2 nitrogen and oxygen atoms in total. The first-order valence-electron chi connectivity index (χ1n) is 7.26. The third kappa shape index (κ3) is 4.02. The molecule has 1 aromatic carbocycles. The van der Waals surface area contributed by atoms with Crippen LogP contribution in [0.5, 0.6) is 0 Å². The maximum absolute atomic E-state index is 13.3. The first-order valence-corrected chi connectivity index (χ1v) is 7.26. The molecule has 0 radical (unpaired) electrons. The Morgan fingerprint density at radius 2 is 2.16 bits per heavy atom. The molecule has 1 saturated carbocycles. The van der Waals surface area contributed by atoms with Crippen LogP contribution < -0.4 is 5.32 Å². The molecule has 0 spiro atoms. The average molecular weight is 265 g/mol. The first-order chi connectivity index (χ1) is 9.20. The van der Waals surface area contributed by atoms with Crippen molar-refractivity contribution < 1.29 is 9.13 Å². The van der Waals surface area contributed by atoms with Gasteiger partial charge >= 0.3 is 0 Å². The third-order valence-corrected chi connectivity index (χ3v) is 3.98. The smallest absolute Gasteiger partial charge is 0.123 e. The standard InChI is InChI=1S/C16H24FNO/c1-12-6-3-4-9-15(12)19-16(11-18-2)13-7-5-8-14(17)10-13/h5,7-8,10,12,15-16,18H,3-4,6,9,11H2,1-2H3. The molecule has 1 fully saturated rings. The number of ether oxygens (including phenoxy) is 1. The fourth-order valence-electron chi connectivity index (χ4n) is 2.83. The molecule has 0 saturated heterocycles. The quantitative estimate of drug-likeness (QED) is 0.877. The summed E-state index contributed by atoms with van der Waals surface area (Å²) in [5, 5.41) is 3.14. The van der Waals surface area contributed by atoms with Crippen molar-refractivity contribution >= 4 is 0 Å².